The summed E-state index contributed by atoms with van der Waals surface area (Å²) in [4.78, 5) is 27.2. The second kappa shape index (κ2) is 7.72. The van der Waals surface area contributed by atoms with Crippen LogP contribution in [0.25, 0.3) is 0 Å². The van der Waals surface area contributed by atoms with Crippen molar-refractivity contribution in [2.45, 2.75) is 19.4 Å². The summed E-state index contributed by atoms with van der Waals surface area (Å²) in [5.74, 6) is 1.37. The van der Waals surface area contributed by atoms with Crippen LogP contribution < -0.4 is 15.0 Å². The molecule has 2 aromatic rings. The highest BCUT2D eigenvalue weighted by Gasteiger charge is 2.26. The third-order valence-electron chi connectivity index (χ3n) is 4.16. The number of rotatable bonds is 5. The van der Waals surface area contributed by atoms with E-state index in [1.165, 1.54) is 0 Å². The standard InChI is InChI=1S/C17H21N5O2/c1-24-17-13(4-2-6-20-17)10-21-16(23)14-5-3-9-22(12-14)15-11-18-7-8-19-15/h2,4,6-8,11,14H,3,5,9-10,12H2,1H3,(H,21,23)/t14-/m1/s1. The molecule has 0 spiro atoms. The first-order chi connectivity index (χ1) is 11.8. The lowest BCUT2D eigenvalue weighted by Gasteiger charge is -2.32. The first-order valence-electron chi connectivity index (χ1n) is 8.04. The van der Waals surface area contributed by atoms with Gasteiger partial charge in [-0.15, -0.1) is 0 Å². The van der Waals surface area contributed by atoms with Crippen LogP contribution >= 0.6 is 0 Å². The summed E-state index contributed by atoms with van der Waals surface area (Å²) in [5, 5.41) is 2.99. The fourth-order valence-corrected chi connectivity index (χ4v) is 2.92. The Hall–Kier alpha value is -2.70. The van der Waals surface area contributed by atoms with E-state index < -0.39 is 0 Å². The van der Waals surface area contributed by atoms with Gasteiger partial charge in [-0.05, 0) is 18.9 Å². The van der Waals surface area contributed by atoms with E-state index in [4.69, 9.17) is 4.74 Å². The molecule has 126 valence electrons. The van der Waals surface area contributed by atoms with Gasteiger partial charge in [-0.2, -0.15) is 0 Å². The number of nitrogens with one attached hydrogen (secondary N) is 1. The Bertz CT molecular complexity index is 680. The number of hydrogen-bond donors (Lipinski definition) is 1. The van der Waals surface area contributed by atoms with Gasteiger partial charge in [0.25, 0.3) is 0 Å². The Kier molecular flexibility index (Phi) is 5.20. The van der Waals surface area contributed by atoms with E-state index in [1.54, 1.807) is 31.9 Å². The van der Waals surface area contributed by atoms with Crippen molar-refractivity contribution in [3.63, 3.8) is 0 Å². The van der Waals surface area contributed by atoms with Crippen molar-refractivity contribution < 1.29 is 9.53 Å². The van der Waals surface area contributed by atoms with E-state index in [-0.39, 0.29) is 11.8 Å². The number of nitrogens with zero attached hydrogens (tertiary/aromatic N) is 4. The van der Waals surface area contributed by atoms with Crippen LogP contribution in [0.3, 0.4) is 0 Å². The third-order valence-corrected chi connectivity index (χ3v) is 4.16. The summed E-state index contributed by atoms with van der Waals surface area (Å²) in [5.41, 5.74) is 0.870. The van der Waals surface area contributed by atoms with Gasteiger partial charge in [0, 0.05) is 43.8 Å². The van der Waals surface area contributed by atoms with Gasteiger partial charge >= 0.3 is 0 Å². The van der Waals surface area contributed by atoms with Crippen LogP contribution in [0.15, 0.2) is 36.9 Å². The molecule has 0 saturated carbocycles. The first-order valence-corrected chi connectivity index (χ1v) is 8.04. The van der Waals surface area contributed by atoms with Gasteiger partial charge in [-0.25, -0.2) is 9.97 Å². The van der Waals surface area contributed by atoms with E-state index in [1.807, 2.05) is 12.1 Å². The summed E-state index contributed by atoms with van der Waals surface area (Å²) in [6, 6.07) is 3.74. The topological polar surface area (TPSA) is 80.2 Å². The number of amides is 1. The van der Waals surface area contributed by atoms with Crippen LogP contribution in [0.2, 0.25) is 0 Å². The molecule has 7 heteroatoms. The molecule has 0 radical (unpaired) electrons. The summed E-state index contributed by atoms with van der Waals surface area (Å²) in [6.07, 6.45) is 8.58. The van der Waals surface area contributed by atoms with Gasteiger partial charge in [-0.3, -0.25) is 9.78 Å². The van der Waals surface area contributed by atoms with Crippen molar-refractivity contribution >= 4 is 11.7 Å². The van der Waals surface area contributed by atoms with Gasteiger partial charge in [0.05, 0.1) is 19.2 Å². The van der Waals surface area contributed by atoms with Gasteiger partial charge < -0.3 is 15.0 Å². The fourth-order valence-electron chi connectivity index (χ4n) is 2.92. The van der Waals surface area contributed by atoms with Crippen molar-refractivity contribution in [2.24, 2.45) is 5.92 Å². The van der Waals surface area contributed by atoms with Gasteiger partial charge in [0.1, 0.15) is 5.82 Å². The number of carbonyl (C=O) groups excluding carboxylic acids is 1. The van der Waals surface area contributed by atoms with Crippen molar-refractivity contribution in [2.75, 3.05) is 25.1 Å². The number of hydrogen-bond acceptors (Lipinski definition) is 6. The number of pyridine rings is 1. The van der Waals surface area contributed by atoms with E-state index in [9.17, 15) is 4.79 Å². The second-order valence-corrected chi connectivity index (χ2v) is 5.74. The Morgan fingerprint density at radius 3 is 3.08 bits per heavy atom. The minimum Gasteiger partial charge on any atom is -0.481 e. The van der Waals surface area contributed by atoms with Gasteiger partial charge in [-0.1, -0.05) is 6.07 Å². The number of aromatic nitrogens is 3. The molecule has 1 aliphatic rings. The molecule has 3 heterocycles. The van der Waals surface area contributed by atoms with Gasteiger partial charge in [0.2, 0.25) is 11.8 Å². The zero-order valence-corrected chi connectivity index (χ0v) is 13.7. The average molecular weight is 327 g/mol. The molecular weight excluding hydrogens is 306 g/mol. The van der Waals surface area contributed by atoms with E-state index in [0.717, 1.165) is 30.8 Å². The number of anilines is 1. The van der Waals surface area contributed by atoms with Crippen LogP contribution in [0.1, 0.15) is 18.4 Å². The van der Waals surface area contributed by atoms with Crippen LogP contribution in [-0.2, 0) is 11.3 Å². The van der Waals surface area contributed by atoms with Crippen LogP contribution in [0, 0.1) is 5.92 Å². The lowest BCUT2D eigenvalue weighted by atomic mass is 9.97. The summed E-state index contributed by atoms with van der Waals surface area (Å²) >= 11 is 0. The zero-order chi connectivity index (χ0) is 16.8. The zero-order valence-electron chi connectivity index (χ0n) is 13.7. The van der Waals surface area contributed by atoms with Crippen molar-refractivity contribution in [1.29, 1.82) is 0 Å². The molecule has 0 bridgehead atoms. The van der Waals surface area contributed by atoms with E-state index in [2.05, 4.69) is 25.2 Å². The molecule has 1 saturated heterocycles. The average Bonchev–Trinajstić information content (AvgIpc) is 2.67. The molecule has 1 amide bonds. The molecule has 1 fully saturated rings. The third kappa shape index (κ3) is 3.79. The normalized spacial score (nSPS) is 17.4. The second-order valence-electron chi connectivity index (χ2n) is 5.74. The largest absolute Gasteiger partial charge is 0.481 e. The monoisotopic (exact) mass is 327 g/mol. The Balaban J connectivity index is 1.58. The van der Waals surface area contributed by atoms with E-state index in [0.29, 0.717) is 19.0 Å². The molecule has 1 aliphatic heterocycles. The quantitative estimate of drug-likeness (QED) is 0.894. The molecular formula is C17H21N5O2. The Morgan fingerprint density at radius 1 is 1.38 bits per heavy atom. The van der Waals surface area contributed by atoms with Crippen LogP contribution in [0.4, 0.5) is 5.82 Å². The molecule has 7 nitrogen and oxygen atoms in total. The Labute approximate surface area is 141 Å². The van der Waals surface area contributed by atoms with Crippen LogP contribution in [-0.4, -0.2) is 41.1 Å². The lowest BCUT2D eigenvalue weighted by Crippen LogP contribution is -2.43. The molecule has 24 heavy (non-hydrogen) atoms. The highest BCUT2D eigenvalue weighted by molar-refractivity contribution is 5.79. The maximum Gasteiger partial charge on any atom is 0.225 e. The maximum atomic E-state index is 12.5. The molecule has 3 rings (SSSR count). The summed E-state index contributed by atoms with van der Waals surface area (Å²) < 4.78 is 5.21. The van der Waals surface area contributed by atoms with Crippen molar-refractivity contribution in [3.8, 4) is 5.88 Å². The predicted octanol–water partition coefficient (Wildman–Crippen LogP) is 1.41. The maximum absolute atomic E-state index is 12.5. The van der Waals surface area contributed by atoms with Crippen molar-refractivity contribution in [1.82, 2.24) is 20.3 Å². The molecule has 0 aliphatic carbocycles. The van der Waals surface area contributed by atoms with Crippen molar-refractivity contribution in [3.05, 3.63) is 42.5 Å². The van der Waals surface area contributed by atoms with Crippen LogP contribution in [0.5, 0.6) is 5.88 Å². The lowest BCUT2D eigenvalue weighted by molar-refractivity contribution is -0.125. The Morgan fingerprint density at radius 2 is 2.29 bits per heavy atom. The number of ether oxygens (including phenoxy) is 1. The summed E-state index contributed by atoms with van der Waals surface area (Å²) in [6.45, 7) is 1.98. The number of carbonyl (C=O) groups is 1. The SMILES string of the molecule is COc1ncccc1CNC(=O)[C@@H]1CCCN(c2cnccn2)C1. The van der Waals surface area contributed by atoms with Gasteiger partial charge in [0.15, 0.2) is 0 Å². The molecule has 0 unspecified atom stereocenters. The minimum atomic E-state index is -0.0524. The smallest absolute Gasteiger partial charge is 0.225 e. The first kappa shape index (κ1) is 16.2. The number of methoxy groups -OCH3 is 1. The predicted molar refractivity (Wildman–Crippen MR) is 89.6 cm³/mol. The van der Waals surface area contributed by atoms with E-state index >= 15 is 0 Å². The minimum absolute atomic E-state index is 0.0505. The molecule has 1 N–H and O–H groups in total. The fraction of sp³-hybridized carbons (Fsp3) is 0.412. The highest BCUT2D eigenvalue weighted by atomic mass is 16.5. The summed E-state index contributed by atoms with van der Waals surface area (Å²) in [7, 11) is 1.58. The highest BCUT2D eigenvalue weighted by Crippen LogP contribution is 2.21. The molecule has 0 aromatic carbocycles. The molecule has 2 aromatic heterocycles. The number of piperidine rings is 1. The molecule has 1 atom stereocenters.